The van der Waals surface area contributed by atoms with Crippen molar-refractivity contribution in [3.05, 3.63) is 0 Å². The van der Waals surface area contributed by atoms with Crippen LogP contribution in [0.2, 0.25) is 0 Å². The highest BCUT2D eigenvalue weighted by Crippen LogP contribution is 2.41. The molecule has 7 nitrogen and oxygen atoms in total. The fraction of sp³-hybridized carbons (Fsp3) is 0.913. The lowest BCUT2D eigenvalue weighted by Crippen LogP contribution is -2.60. The SMILES string of the molecule is CC(CC(=O)OC1CC(C)(C)N(S)C(C)(C)C1)C(=O)OC1CC(C)(C)N(O)C(C)(C)C1. The summed E-state index contributed by atoms with van der Waals surface area (Å²) < 4.78 is 13.5. The Morgan fingerprint density at radius 3 is 1.71 bits per heavy atom. The van der Waals surface area contributed by atoms with Crippen LogP contribution >= 0.6 is 12.8 Å². The molecule has 0 radical (unpaired) electrons. The van der Waals surface area contributed by atoms with E-state index in [1.54, 1.807) is 6.92 Å². The van der Waals surface area contributed by atoms with Crippen LogP contribution in [-0.2, 0) is 19.1 Å². The molecule has 2 heterocycles. The maximum atomic E-state index is 12.7. The summed E-state index contributed by atoms with van der Waals surface area (Å²) in [6.45, 7) is 17.7. The van der Waals surface area contributed by atoms with Gasteiger partial charge in [0.2, 0.25) is 0 Å². The molecular formula is C23H42N2O5S. The van der Waals surface area contributed by atoms with E-state index in [9.17, 15) is 14.8 Å². The number of ether oxygens (including phenoxy) is 2. The van der Waals surface area contributed by atoms with Gasteiger partial charge in [0.25, 0.3) is 0 Å². The van der Waals surface area contributed by atoms with Crippen LogP contribution in [0.15, 0.2) is 0 Å². The van der Waals surface area contributed by atoms with E-state index in [-0.39, 0.29) is 35.7 Å². The molecule has 2 aliphatic rings. The summed E-state index contributed by atoms with van der Waals surface area (Å²) in [7, 11) is 0. The third kappa shape index (κ3) is 6.15. The average molecular weight is 459 g/mol. The Balaban J connectivity index is 1.91. The van der Waals surface area contributed by atoms with E-state index in [4.69, 9.17) is 9.47 Å². The van der Waals surface area contributed by atoms with Crippen molar-refractivity contribution < 1.29 is 24.3 Å². The molecule has 8 heteroatoms. The van der Waals surface area contributed by atoms with Crippen LogP contribution in [0, 0.1) is 5.92 Å². The molecule has 2 fully saturated rings. The molecule has 0 aromatic rings. The van der Waals surface area contributed by atoms with E-state index in [2.05, 4.69) is 40.5 Å². The van der Waals surface area contributed by atoms with Crippen LogP contribution in [0.5, 0.6) is 0 Å². The Labute approximate surface area is 193 Å². The van der Waals surface area contributed by atoms with E-state index in [0.717, 1.165) is 0 Å². The van der Waals surface area contributed by atoms with Crippen molar-refractivity contribution in [3.63, 3.8) is 0 Å². The fourth-order valence-corrected chi connectivity index (χ4v) is 5.54. The molecule has 0 aromatic heterocycles. The van der Waals surface area contributed by atoms with Gasteiger partial charge in [0.1, 0.15) is 12.2 Å². The van der Waals surface area contributed by atoms with Crippen LogP contribution < -0.4 is 0 Å². The Morgan fingerprint density at radius 2 is 1.26 bits per heavy atom. The Morgan fingerprint density at radius 1 is 0.871 bits per heavy atom. The minimum Gasteiger partial charge on any atom is -0.462 e. The maximum absolute atomic E-state index is 12.7. The largest absolute Gasteiger partial charge is 0.462 e. The monoisotopic (exact) mass is 458 g/mol. The van der Waals surface area contributed by atoms with Crippen molar-refractivity contribution in [1.82, 2.24) is 9.37 Å². The van der Waals surface area contributed by atoms with Gasteiger partial charge in [0, 0.05) is 47.8 Å². The van der Waals surface area contributed by atoms with Gasteiger partial charge in [-0.3, -0.25) is 9.59 Å². The van der Waals surface area contributed by atoms with Gasteiger partial charge in [-0.1, -0.05) is 19.7 Å². The molecule has 0 aliphatic carbocycles. The smallest absolute Gasteiger partial charge is 0.309 e. The highest BCUT2D eigenvalue weighted by Gasteiger charge is 2.47. The predicted octanol–water partition coefficient (Wildman–Crippen LogP) is 4.38. The van der Waals surface area contributed by atoms with Crippen molar-refractivity contribution >= 4 is 24.8 Å². The van der Waals surface area contributed by atoms with E-state index >= 15 is 0 Å². The Bertz CT molecular complexity index is 655. The molecule has 0 spiro atoms. The first-order valence-corrected chi connectivity index (χ1v) is 11.7. The standard InChI is InChI=1S/C23H42N2O5S/c1-15(19(27)30-17-11-20(2,3)24(28)21(4,5)12-17)10-18(26)29-16-13-22(6,7)25(31)23(8,9)14-16/h15-17,28,31H,10-14H2,1-9H3. The highest BCUT2D eigenvalue weighted by molar-refractivity contribution is 7.77. The quantitative estimate of drug-likeness (QED) is 0.468. The third-order valence-corrected chi connectivity index (χ3v) is 7.74. The second-order valence-corrected chi connectivity index (χ2v) is 12.4. The van der Waals surface area contributed by atoms with Gasteiger partial charge in [0.15, 0.2) is 0 Å². The summed E-state index contributed by atoms with van der Waals surface area (Å²) in [5.74, 6) is -1.36. The molecule has 0 bridgehead atoms. The fourth-order valence-electron chi connectivity index (χ4n) is 5.37. The number of carbonyl (C=O) groups excluding carboxylic acids is 2. The number of hydrogen-bond acceptors (Lipinski definition) is 8. The van der Waals surface area contributed by atoms with Crippen molar-refractivity contribution in [3.8, 4) is 0 Å². The van der Waals surface area contributed by atoms with Gasteiger partial charge in [-0.25, -0.2) is 4.31 Å². The zero-order valence-electron chi connectivity index (χ0n) is 20.7. The highest BCUT2D eigenvalue weighted by atomic mass is 32.1. The molecule has 1 atom stereocenters. The van der Waals surface area contributed by atoms with Gasteiger partial charge < -0.3 is 14.7 Å². The van der Waals surface area contributed by atoms with Crippen molar-refractivity contribution in [2.45, 2.75) is 129 Å². The topological polar surface area (TPSA) is 79.3 Å². The number of carbonyl (C=O) groups is 2. The number of esters is 2. The van der Waals surface area contributed by atoms with Gasteiger partial charge in [-0.05, 0) is 55.4 Å². The zero-order chi connectivity index (χ0) is 24.0. The molecular weight excluding hydrogens is 416 g/mol. The predicted molar refractivity (Wildman–Crippen MR) is 123 cm³/mol. The number of thiol groups is 1. The number of rotatable bonds is 5. The minimum absolute atomic E-state index is 0.00753. The van der Waals surface area contributed by atoms with Crippen molar-refractivity contribution in [1.29, 1.82) is 0 Å². The van der Waals surface area contributed by atoms with Crippen LogP contribution in [0.4, 0.5) is 0 Å². The minimum atomic E-state index is -0.586. The number of hydrogen-bond donors (Lipinski definition) is 2. The van der Waals surface area contributed by atoms with E-state index in [1.807, 2.05) is 32.0 Å². The van der Waals surface area contributed by atoms with Gasteiger partial charge in [-0.15, -0.1) is 0 Å². The molecule has 2 aliphatic heterocycles. The lowest BCUT2D eigenvalue weighted by molar-refractivity contribution is -0.260. The lowest BCUT2D eigenvalue weighted by atomic mass is 9.80. The van der Waals surface area contributed by atoms with E-state index < -0.39 is 23.0 Å². The summed E-state index contributed by atoms with van der Waals surface area (Å²) in [6.07, 6.45) is 1.92. The maximum Gasteiger partial charge on any atom is 0.309 e. The second-order valence-electron chi connectivity index (χ2n) is 12.0. The molecule has 2 rings (SSSR count). The lowest BCUT2D eigenvalue weighted by Gasteiger charge is -2.51. The van der Waals surface area contributed by atoms with E-state index in [0.29, 0.717) is 25.7 Å². The molecule has 0 aromatic carbocycles. The molecule has 1 N–H and O–H groups in total. The summed E-state index contributed by atoms with van der Waals surface area (Å²) in [4.78, 5) is 25.2. The summed E-state index contributed by atoms with van der Waals surface area (Å²) in [5.41, 5.74) is -1.42. The number of piperidine rings is 2. The molecule has 2 saturated heterocycles. The molecule has 0 amide bonds. The van der Waals surface area contributed by atoms with Crippen LogP contribution in [0.25, 0.3) is 0 Å². The Kier molecular flexibility index (Phi) is 7.54. The average Bonchev–Trinajstić information content (AvgIpc) is 2.56. The van der Waals surface area contributed by atoms with Crippen LogP contribution in [-0.4, -0.2) is 60.9 Å². The molecule has 31 heavy (non-hydrogen) atoms. The molecule has 0 saturated carbocycles. The van der Waals surface area contributed by atoms with Crippen molar-refractivity contribution in [2.24, 2.45) is 5.92 Å². The van der Waals surface area contributed by atoms with Crippen LogP contribution in [0.1, 0.15) is 94.4 Å². The number of nitrogens with zero attached hydrogens (tertiary/aromatic N) is 2. The second kappa shape index (κ2) is 8.84. The van der Waals surface area contributed by atoms with Gasteiger partial charge >= 0.3 is 11.9 Å². The summed E-state index contributed by atoms with van der Waals surface area (Å²) in [6, 6.07) is 0. The molecule has 180 valence electrons. The van der Waals surface area contributed by atoms with Crippen molar-refractivity contribution in [2.75, 3.05) is 0 Å². The summed E-state index contributed by atoms with van der Waals surface area (Å²) in [5, 5.41) is 11.8. The van der Waals surface area contributed by atoms with E-state index in [1.165, 1.54) is 5.06 Å². The zero-order valence-corrected chi connectivity index (χ0v) is 21.6. The summed E-state index contributed by atoms with van der Waals surface area (Å²) >= 11 is 4.64. The van der Waals surface area contributed by atoms with Gasteiger partial charge in [-0.2, -0.15) is 5.06 Å². The first-order valence-electron chi connectivity index (χ1n) is 11.3. The third-order valence-electron chi connectivity index (χ3n) is 6.66. The van der Waals surface area contributed by atoms with Gasteiger partial charge in [0.05, 0.1) is 12.3 Å². The Hall–Kier alpha value is -0.830. The number of hydroxylamine groups is 2. The van der Waals surface area contributed by atoms with Crippen LogP contribution in [0.3, 0.4) is 0 Å². The first-order chi connectivity index (χ1) is 13.9. The molecule has 1 unspecified atom stereocenters. The first kappa shape index (κ1) is 26.4. The normalized spacial score (nSPS) is 27.5.